The van der Waals surface area contributed by atoms with Crippen LogP contribution < -0.4 is 15.5 Å². The Labute approximate surface area is 235 Å². The van der Waals surface area contributed by atoms with Crippen LogP contribution in [-0.4, -0.2) is 60.4 Å². The summed E-state index contributed by atoms with van der Waals surface area (Å²) >= 11 is 4.90. The maximum absolute atomic E-state index is 12.0. The molecule has 0 spiro atoms. The molecule has 1 aliphatic heterocycles. The van der Waals surface area contributed by atoms with Crippen molar-refractivity contribution in [1.82, 2.24) is 15.2 Å². The first-order valence-electron chi connectivity index (χ1n) is 12.3. The zero-order valence-electron chi connectivity index (χ0n) is 21.6. The van der Waals surface area contributed by atoms with Gasteiger partial charge in [-0.25, -0.2) is 9.78 Å². The van der Waals surface area contributed by atoms with Gasteiger partial charge in [0, 0.05) is 47.7 Å². The van der Waals surface area contributed by atoms with Crippen LogP contribution in [0.15, 0.2) is 52.2 Å². The van der Waals surface area contributed by atoms with Gasteiger partial charge in [0.1, 0.15) is 17.4 Å². The molecule has 1 aromatic carbocycles. The third-order valence-electron chi connectivity index (χ3n) is 5.59. The van der Waals surface area contributed by atoms with Gasteiger partial charge < -0.3 is 19.7 Å². The minimum absolute atomic E-state index is 0.160. The van der Waals surface area contributed by atoms with Crippen molar-refractivity contribution in [3.05, 3.63) is 59.3 Å². The molecule has 0 atom stereocenters. The van der Waals surface area contributed by atoms with Gasteiger partial charge in [0.15, 0.2) is 4.34 Å². The van der Waals surface area contributed by atoms with E-state index in [1.807, 2.05) is 18.4 Å². The number of rotatable bonds is 12. The topological polar surface area (TPSA) is 102 Å². The van der Waals surface area contributed by atoms with Crippen LogP contribution in [0.4, 0.5) is 22.0 Å². The molecule has 0 saturated carbocycles. The summed E-state index contributed by atoms with van der Waals surface area (Å²) in [4.78, 5) is 20.3. The van der Waals surface area contributed by atoms with Gasteiger partial charge in [-0.15, -0.1) is 22.0 Å². The first kappa shape index (κ1) is 28.2. The molecule has 0 aliphatic carbocycles. The van der Waals surface area contributed by atoms with Crippen LogP contribution in [-0.2, 0) is 28.2 Å². The molecule has 4 rings (SSSR count). The second-order valence-electron chi connectivity index (χ2n) is 8.34. The number of pyridine rings is 1. The number of nitrogens with zero attached hydrogens (tertiary/aromatic N) is 4. The molecule has 3 heterocycles. The molecular weight excluding hydrogens is 541 g/mol. The Hall–Kier alpha value is -2.80. The van der Waals surface area contributed by atoms with Crippen LogP contribution in [0.25, 0.3) is 0 Å². The summed E-state index contributed by atoms with van der Waals surface area (Å²) in [5.74, 6) is 1.50. The first-order valence-corrected chi connectivity index (χ1v) is 15.3. The van der Waals surface area contributed by atoms with E-state index in [0.29, 0.717) is 31.2 Å². The number of ether oxygens (including phenoxy) is 2. The van der Waals surface area contributed by atoms with Gasteiger partial charge in [-0.1, -0.05) is 42.7 Å². The standard InChI is InChI=1S/C26H32N6O3S3/c1-4-8-35-25(33)29-19-11-18(12-22(14-19)36-3)16-27-23-15-21(32-6-9-34-10-7-32)13-20(28-23)17-37-26-31-30-24(5-2)38-26/h4,11-15H,1,5-10,16-17H2,2-3H3,(H,27,28)(H,29,33). The lowest BCUT2D eigenvalue weighted by Gasteiger charge is -2.29. The number of carbonyl (C=O) groups is 1. The van der Waals surface area contributed by atoms with E-state index in [0.717, 1.165) is 56.5 Å². The molecule has 1 saturated heterocycles. The van der Waals surface area contributed by atoms with Crippen LogP contribution in [0.5, 0.6) is 0 Å². The zero-order valence-corrected chi connectivity index (χ0v) is 24.0. The van der Waals surface area contributed by atoms with E-state index in [1.165, 1.54) is 6.08 Å². The Bertz CT molecular complexity index is 1230. The number of aryl methyl sites for hydroxylation is 1. The second-order valence-corrected chi connectivity index (χ2v) is 11.5. The van der Waals surface area contributed by atoms with E-state index >= 15 is 0 Å². The summed E-state index contributed by atoms with van der Waals surface area (Å²) in [5.41, 5.74) is 3.79. The summed E-state index contributed by atoms with van der Waals surface area (Å²) < 4.78 is 11.6. The van der Waals surface area contributed by atoms with Gasteiger partial charge in [0.25, 0.3) is 0 Å². The Kier molecular flexibility index (Phi) is 10.7. The van der Waals surface area contributed by atoms with Gasteiger partial charge in [0.2, 0.25) is 0 Å². The number of benzene rings is 1. The number of carbonyl (C=O) groups excluding carboxylic acids is 1. The molecule has 1 fully saturated rings. The van der Waals surface area contributed by atoms with Gasteiger partial charge in [-0.2, -0.15) is 0 Å². The number of morpholine rings is 1. The van der Waals surface area contributed by atoms with E-state index in [-0.39, 0.29) is 6.61 Å². The Balaban J connectivity index is 1.49. The minimum atomic E-state index is -0.509. The largest absolute Gasteiger partial charge is 0.445 e. The van der Waals surface area contributed by atoms with Gasteiger partial charge in [0.05, 0.1) is 18.9 Å². The quantitative estimate of drug-likeness (QED) is 0.208. The fraction of sp³-hybridized carbons (Fsp3) is 0.385. The van der Waals surface area contributed by atoms with Crippen molar-refractivity contribution < 1.29 is 14.3 Å². The normalized spacial score (nSPS) is 13.3. The van der Waals surface area contributed by atoms with Crippen molar-refractivity contribution in [3.63, 3.8) is 0 Å². The zero-order chi connectivity index (χ0) is 26.7. The lowest BCUT2D eigenvalue weighted by Crippen LogP contribution is -2.36. The van der Waals surface area contributed by atoms with Crippen molar-refractivity contribution >= 4 is 58.1 Å². The average molecular weight is 573 g/mol. The van der Waals surface area contributed by atoms with Crippen LogP contribution in [0.2, 0.25) is 0 Å². The predicted octanol–water partition coefficient (Wildman–Crippen LogP) is 5.69. The number of thioether (sulfide) groups is 2. The van der Waals surface area contributed by atoms with Crippen molar-refractivity contribution in [2.75, 3.05) is 54.7 Å². The number of hydrogen-bond donors (Lipinski definition) is 2. The van der Waals surface area contributed by atoms with Crippen LogP contribution >= 0.6 is 34.9 Å². The average Bonchev–Trinajstić information content (AvgIpc) is 3.42. The second kappa shape index (κ2) is 14.4. The van der Waals surface area contributed by atoms with Gasteiger partial charge in [-0.3, -0.25) is 5.32 Å². The van der Waals surface area contributed by atoms with E-state index in [1.54, 1.807) is 34.9 Å². The van der Waals surface area contributed by atoms with Crippen molar-refractivity contribution in [2.24, 2.45) is 0 Å². The van der Waals surface area contributed by atoms with E-state index in [9.17, 15) is 4.79 Å². The maximum Gasteiger partial charge on any atom is 0.411 e. The molecule has 202 valence electrons. The number of amides is 1. The van der Waals surface area contributed by atoms with E-state index < -0.39 is 6.09 Å². The van der Waals surface area contributed by atoms with Crippen molar-refractivity contribution in [3.8, 4) is 0 Å². The van der Waals surface area contributed by atoms with Crippen molar-refractivity contribution in [1.29, 1.82) is 0 Å². The highest BCUT2D eigenvalue weighted by molar-refractivity contribution is 8.00. The first-order chi connectivity index (χ1) is 18.6. The maximum atomic E-state index is 12.0. The predicted molar refractivity (Wildman–Crippen MR) is 157 cm³/mol. The highest BCUT2D eigenvalue weighted by Gasteiger charge is 2.15. The highest BCUT2D eigenvalue weighted by atomic mass is 32.2. The number of anilines is 3. The smallest absolute Gasteiger partial charge is 0.411 e. The van der Waals surface area contributed by atoms with E-state index in [4.69, 9.17) is 14.5 Å². The highest BCUT2D eigenvalue weighted by Crippen LogP contribution is 2.29. The Morgan fingerprint density at radius 1 is 1.24 bits per heavy atom. The molecule has 0 bridgehead atoms. The summed E-state index contributed by atoms with van der Waals surface area (Å²) in [6, 6.07) is 10.2. The van der Waals surface area contributed by atoms with Crippen LogP contribution in [0, 0.1) is 0 Å². The lowest BCUT2D eigenvalue weighted by molar-refractivity contribution is 0.122. The lowest BCUT2D eigenvalue weighted by atomic mass is 10.2. The third kappa shape index (κ3) is 8.35. The minimum Gasteiger partial charge on any atom is -0.445 e. The molecule has 9 nitrogen and oxygen atoms in total. The Morgan fingerprint density at radius 3 is 2.82 bits per heavy atom. The summed E-state index contributed by atoms with van der Waals surface area (Å²) in [5, 5.41) is 15.8. The van der Waals surface area contributed by atoms with E-state index in [2.05, 4.69) is 57.4 Å². The molecule has 3 aromatic rings. The SMILES string of the molecule is C=CCOC(=O)Nc1cc(CNc2cc(N3CCOCC3)cc(CSc3nnc(CC)s3)n2)cc(SC)c1. The molecule has 1 amide bonds. The summed E-state index contributed by atoms with van der Waals surface area (Å²) in [6.07, 6.45) is 3.92. The molecule has 1 aliphatic rings. The molecule has 0 unspecified atom stereocenters. The Morgan fingerprint density at radius 2 is 2.08 bits per heavy atom. The van der Waals surface area contributed by atoms with Gasteiger partial charge in [-0.05, 0) is 42.5 Å². The van der Waals surface area contributed by atoms with Gasteiger partial charge >= 0.3 is 6.09 Å². The van der Waals surface area contributed by atoms with Crippen LogP contribution in [0.1, 0.15) is 23.2 Å². The third-order valence-corrected chi connectivity index (χ3v) is 8.53. The summed E-state index contributed by atoms with van der Waals surface area (Å²) in [6.45, 7) is 9.49. The van der Waals surface area contributed by atoms with Crippen molar-refractivity contribution in [2.45, 2.75) is 34.9 Å². The number of nitrogens with one attached hydrogen (secondary N) is 2. The summed E-state index contributed by atoms with van der Waals surface area (Å²) in [7, 11) is 0. The molecular formula is C26H32N6O3S3. The van der Waals surface area contributed by atoms with Crippen LogP contribution in [0.3, 0.4) is 0 Å². The monoisotopic (exact) mass is 572 g/mol. The molecule has 2 aromatic heterocycles. The molecule has 38 heavy (non-hydrogen) atoms. The number of hydrogen-bond acceptors (Lipinski definition) is 11. The fourth-order valence-electron chi connectivity index (χ4n) is 3.75. The molecule has 0 radical (unpaired) electrons. The number of aromatic nitrogens is 3. The fourth-order valence-corrected chi connectivity index (χ4v) is 5.99. The molecule has 2 N–H and O–H groups in total. The molecule has 12 heteroatoms.